The minimum absolute atomic E-state index is 0.309. The molecule has 0 heterocycles. The monoisotopic (exact) mass is 269 g/mol. The van der Waals surface area contributed by atoms with Crippen LogP contribution in [0.2, 0.25) is 0 Å². The first-order valence-corrected chi connectivity index (χ1v) is 5.65. The van der Waals surface area contributed by atoms with Gasteiger partial charge in [0.25, 0.3) is 0 Å². The van der Waals surface area contributed by atoms with Gasteiger partial charge in [0.2, 0.25) is 0 Å². The van der Waals surface area contributed by atoms with Crippen molar-refractivity contribution in [2.45, 2.75) is 6.54 Å². The third-order valence-corrected chi connectivity index (χ3v) is 2.70. The lowest BCUT2D eigenvalue weighted by molar-refractivity contribution is 0.130. The lowest BCUT2D eigenvalue weighted by atomic mass is 10.1. The molecule has 0 radical (unpaired) electrons. The number of hydrogen-bond acceptors (Lipinski definition) is 5. The smallest absolute Gasteiger partial charge is 0.409 e. The van der Waals surface area contributed by atoms with Crippen molar-refractivity contribution in [2.75, 3.05) is 35.5 Å². The minimum Gasteiger partial charge on any atom is -0.496 e. The Hall–Kier alpha value is -2.11. The number of methoxy groups -OCH3 is 4. The molecule has 0 aliphatic rings. The van der Waals surface area contributed by atoms with E-state index in [0.717, 1.165) is 5.56 Å². The number of benzene rings is 1. The zero-order valence-corrected chi connectivity index (χ0v) is 11.9. The fraction of sp³-hybridized carbons (Fsp3) is 0.462. The third kappa shape index (κ3) is 3.43. The summed E-state index contributed by atoms with van der Waals surface area (Å²) in [5.74, 6) is 1.80. The zero-order chi connectivity index (χ0) is 14.4. The van der Waals surface area contributed by atoms with Crippen LogP contribution in [0, 0.1) is 0 Å². The van der Waals surface area contributed by atoms with Gasteiger partial charge >= 0.3 is 6.09 Å². The highest BCUT2D eigenvalue weighted by Crippen LogP contribution is 2.34. The van der Waals surface area contributed by atoms with Crippen molar-refractivity contribution >= 4 is 6.09 Å². The van der Waals surface area contributed by atoms with Crippen LogP contribution in [-0.4, -0.2) is 46.5 Å². The Morgan fingerprint density at radius 3 is 1.95 bits per heavy atom. The molecule has 6 heteroatoms. The second-order valence-electron chi connectivity index (χ2n) is 3.84. The molecule has 6 nitrogen and oxygen atoms in total. The van der Waals surface area contributed by atoms with Gasteiger partial charge < -0.3 is 23.8 Å². The molecule has 19 heavy (non-hydrogen) atoms. The molecular formula is C13H19NO5. The Morgan fingerprint density at radius 2 is 1.58 bits per heavy atom. The molecule has 0 unspecified atom stereocenters. The fourth-order valence-corrected chi connectivity index (χ4v) is 1.69. The Labute approximate surface area is 112 Å². The quantitative estimate of drug-likeness (QED) is 0.817. The molecule has 0 N–H and O–H groups in total. The molecule has 0 atom stereocenters. The van der Waals surface area contributed by atoms with Crippen molar-refractivity contribution in [3.8, 4) is 17.2 Å². The number of hydrogen-bond donors (Lipinski definition) is 0. The Bertz CT molecular complexity index is 422. The first kappa shape index (κ1) is 14.9. The maximum atomic E-state index is 11.4. The number of ether oxygens (including phenoxy) is 4. The van der Waals surface area contributed by atoms with Gasteiger partial charge in [-0.3, -0.25) is 0 Å². The second-order valence-corrected chi connectivity index (χ2v) is 3.84. The van der Waals surface area contributed by atoms with Crippen LogP contribution < -0.4 is 14.2 Å². The lowest BCUT2D eigenvalue weighted by Gasteiger charge is -2.20. The maximum Gasteiger partial charge on any atom is 0.409 e. The summed E-state index contributed by atoms with van der Waals surface area (Å²) in [6.45, 7) is 0.309. The van der Waals surface area contributed by atoms with E-state index in [1.807, 2.05) is 0 Å². The molecule has 106 valence electrons. The van der Waals surface area contributed by atoms with E-state index in [1.54, 1.807) is 40.5 Å². The predicted octanol–water partition coefficient (Wildman–Crippen LogP) is 1.91. The van der Waals surface area contributed by atoms with Gasteiger partial charge in [0, 0.05) is 19.2 Å². The predicted molar refractivity (Wildman–Crippen MR) is 70.0 cm³/mol. The summed E-state index contributed by atoms with van der Waals surface area (Å²) in [5, 5.41) is 0. The molecule has 1 amide bonds. The number of amides is 1. The van der Waals surface area contributed by atoms with Gasteiger partial charge in [0.1, 0.15) is 17.2 Å². The van der Waals surface area contributed by atoms with Gasteiger partial charge in [0.05, 0.1) is 40.5 Å². The van der Waals surface area contributed by atoms with Gasteiger partial charge in [-0.05, 0) is 0 Å². The van der Waals surface area contributed by atoms with Crippen LogP contribution in [0.25, 0.3) is 0 Å². The van der Waals surface area contributed by atoms with Crippen LogP contribution in [0.3, 0.4) is 0 Å². The van der Waals surface area contributed by atoms with Crippen molar-refractivity contribution in [3.63, 3.8) is 0 Å². The minimum atomic E-state index is -0.431. The van der Waals surface area contributed by atoms with Gasteiger partial charge in [0.15, 0.2) is 0 Å². The molecule has 0 bridgehead atoms. The van der Waals surface area contributed by atoms with Gasteiger partial charge in [-0.15, -0.1) is 0 Å². The summed E-state index contributed by atoms with van der Waals surface area (Å²) in [4.78, 5) is 12.9. The standard InChI is InChI=1S/C13H19NO5/c1-14(13(15)19-5)8-10-11(17-3)6-9(16-2)7-12(10)18-4/h6-7H,8H2,1-5H3. The number of nitrogens with zero attached hydrogens (tertiary/aromatic N) is 1. The van der Waals surface area contributed by atoms with Gasteiger partial charge in [-0.1, -0.05) is 0 Å². The van der Waals surface area contributed by atoms with Crippen LogP contribution in [0.5, 0.6) is 17.2 Å². The molecule has 0 fully saturated rings. The van der Waals surface area contributed by atoms with E-state index in [0.29, 0.717) is 23.8 Å². The molecule has 1 aromatic rings. The SMILES string of the molecule is COC(=O)N(C)Cc1c(OC)cc(OC)cc1OC. The Morgan fingerprint density at radius 1 is 1.05 bits per heavy atom. The Balaban J connectivity index is 3.13. The normalized spacial score (nSPS) is 9.74. The van der Waals surface area contributed by atoms with Crippen molar-refractivity contribution in [1.29, 1.82) is 0 Å². The van der Waals surface area contributed by atoms with Crippen LogP contribution in [0.4, 0.5) is 4.79 Å². The first-order chi connectivity index (χ1) is 9.07. The number of carbonyl (C=O) groups is 1. The second kappa shape index (κ2) is 6.72. The highest BCUT2D eigenvalue weighted by molar-refractivity contribution is 5.67. The van der Waals surface area contributed by atoms with Crippen LogP contribution in [0.15, 0.2) is 12.1 Å². The maximum absolute atomic E-state index is 11.4. The summed E-state index contributed by atoms with van der Waals surface area (Å²) in [5.41, 5.74) is 0.749. The van der Waals surface area contributed by atoms with Crippen molar-refractivity contribution < 1.29 is 23.7 Å². The molecule has 0 spiro atoms. The molecule has 0 saturated carbocycles. The van der Waals surface area contributed by atoms with Crippen LogP contribution in [0.1, 0.15) is 5.56 Å². The number of carbonyl (C=O) groups excluding carboxylic acids is 1. The lowest BCUT2D eigenvalue weighted by Crippen LogP contribution is -2.26. The van der Waals surface area contributed by atoms with E-state index in [1.165, 1.54) is 12.0 Å². The largest absolute Gasteiger partial charge is 0.496 e. The van der Waals surface area contributed by atoms with Gasteiger partial charge in [-0.25, -0.2) is 4.79 Å². The average molecular weight is 269 g/mol. The van der Waals surface area contributed by atoms with E-state index in [4.69, 9.17) is 14.2 Å². The van der Waals surface area contributed by atoms with E-state index in [-0.39, 0.29) is 0 Å². The van der Waals surface area contributed by atoms with Crippen molar-refractivity contribution in [1.82, 2.24) is 4.90 Å². The molecule has 0 aromatic heterocycles. The topological polar surface area (TPSA) is 57.2 Å². The molecule has 1 aromatic carbocycles. The van der Waals surface area contributed by atoms with E-state index >= 15 is 0 Å². The highest BCUT2D eigenvalue weighted by Gasteiger charge is 2.17. The summed E-state index contributed by atoms with van der Waals surface area (Å²) in [6, 6.07) is 3.48. The molecule has 0 aliphatic heterocycles. The first-order valence-electron chi connectivity index (χ1n) is 5.65. The van der Waals surface area contributed by atoms with Crippen molar-refractivity contribution in [3.05, 3.63) is 17.7 Å². The average Bonchev–Trinajstić information content (AvgIpc) is 2.45. The Kier molecular flexibility index (Phi) is 5.29. The van der Waals surface area contributed by atoms with Crippen LogP contribution >= 0.6 is 0 Å². The zero-order valence-electron chi connectivity index (χ0n) is 11.9. The molecule has 0 saturated heterocycles. The fourth-order valence-electron chi connectivity index (χ4n) is 1.69. The summed E-state index contributed by atoms with van der Waals surface area (Å²) >= 11 is 0. The summed E-state index contributed by atoms with van der Waals surface area (Å²) < 4.78 is 20.4. The van der Waals surface area contributed by atoms with E-state index < -0.39 is 6.09 Å². The summed E-state index contributed by atoms with van der Waals surface area (Å²) in [7, 11) is 7.64. The molecular weight excluding hydrogens is 250 g/mol. The molecule has 0 aliphatic carbocycles. The number of rotatable bonds is 5. The van der Waals surface area contributed by atoms with Gasteiger partial charge in [-0.2, -0.15) is 0 Å². The van der Waals surface area contributed by atoms with E-state index in [2.05, 4.69) is 4.74 Å². The summed E-state index contributed by atoms with van der Waals surface area (Å²) in [6.07, 6.45) is -0.431. The van der Waals surface area contributed by atoms with Crippen molar-refractivity contribution in [2.24, 2.45) is 0 Å². The third-order valence-electron chi connectivity index (χ3n) is 2.70. The van der Waals surface area contributed by atoms with Crippen LogP contribution in [-0.2, 0) is 11.3 Å². The highest BCUT2D eigenvalue weighted by atomic mass is 16.5. The van der Waals surface area contributed by atoms with E-state index in [9.17, 15) is 4.79 Å². The molecule has 1 rings (SSSR count).